The number of halogens is 1. The summed E-state index contributed by atoms with van der Waals surface area (Å²) in [5.41, 5.74) is 2.15. The van der Waals surface area contributed by atoms with E-state index in [0.717, 1.165) is 10.5 Å². The number of amides is 2. The number of aryl methyl sites for hydroxylation is 1. The summed E-state index contributed by atoms with van der Waals surface area (Å²) < 4.78 is 5.15. The van der Waals surface area contributed by atoms with Crippen molar-refractivity contribution in [3.63, 3.8) is 0 Å². The molecule has 0 aromatic heterocycles. The fourth-order valence-corrected chi connectivity index (χ4v) is 3.62. The third-order valence-corrected chi connectivity index (χ3v) is 5.63. The highest BCUT2D eigenvalue weighted by Crippen LogP contribution is 2.35. The number of carbonyl (C=O) groups excluding carboxylic acids is 2. The molecule has 0 saturated heterocycles. The van der Waals surface area contributed by atoms with E-state index >= 15 is 0 Å². The zero-order valence-electron chi connectivity index (χ0n) is 17.7. The molecule has 0 radical (unpaired) electrons. The maximum Gasteiger partial charge on any atom is 0.282 e. The molecule has 1 aliphatic rings. The predicted octanol–water partition coefficient (Wildman–Crippen LogP) is 4.96. The molecule has 3 aromatic rings. The van der Waals surface area contributed by atoms with Gasteiger partial charge in [0.15, 0.2) is 0 Å². The minimum atomic E-state index is -0.560. The highest BCUT2D eigenvalue weighted by molar-refractivity contribution is 6.46. The van der Waals surface area contributed by atoms with Gasteiger partial charge in [0.05, 0.1) is 23.3 Å². The number of nitrogens with zero attached hydrogens (tertiary/aromatic N) is 2. The number of anilines is 2. The van der Waals surface area contributed by atoms with Gasteiger partial charge < -0.3 is 10.1 Å². The second kappa shape index (κ2) is 8.76. The molecule has 0 unspecified atom stereocenters. The average molecular weight is 464 g/mol. The van der Waals surface area contributed by atoms with Crippen molar-refractivity contribution in [2.24, 2.45) is 0 Å². The molecule has 0 bridgehead atoms. The quantitative estimate of drug-likeness (QED) is 0.315. The number of hydrogen-bond acceptors (Lipinski definition) is 6. The van der Waals surface area contributed by atoms with Gasteiger partial charge in [-0.3, -0.25) is 19.7 Å². The predicted molar refractivity (Wildman–Crippen MR) is 125 cm³/mol. The second-order valence-corrected chi connectivity index (χ2v) is 7.69. The number of hydrogen-bond donors (Lipinski definition) is 1. The molecule has 3 aromatic carbocycles. The average Bonchev–Trinajstić information content (AvgIpc) is 3.05. The summed E-state index contributed by atoms with van der Waals surface area (Å²) in [6.07, 6.45) is 0. The van der Waals surface area contributed by atoms with Crippen LogP contribution in [0.5, 0.6) is 5.75 Å². The Kier molecular flexibility index (Phi) is 5.85. The Morgan fingerprint density at radius 3 is 2.21 bits per heavy atom. The van der Waals surface area contributed by atoms with Gasteiger partial charge in [-0.2, -0.15) is 0 Å². The van der Waals surface area contributed by atoms with Crippen molar-refractivity contribution in [1.29, 1.82) is 0 Å². The number of nitro benzene ring substituents is 1. The van der Waals surface area contributed by atoms with Gasteiger partial charge in [-0.15, -0.1) is 0 Å². The maximum absolute atomic E-state index is 13.4. The lowest BCUT2D eigenvalue weighted by Gasteiger charge is -2.16. The first-order chi connectivity index (χ1) is 15.8. The van der Waals surface area contributed by atoms with E-state index in [2.05, 4.69) is 5.32 Å². The molecule has 8 nitrogen and oxygen atoms in total. The first kappa shape index (κ1) is 22.0. The van der Waals surface area contributed by atoms with Crippen LogP contribution in [-0.4, -0.2) is 23.8 Å². The number of nitro groups is 1. The third kappa shape index (κ3) is 4.16. The standard InChI is InChI=1S/C24H18ClN3O5/c1-14-3-6-16(13-20(14)25)26-22-21(15-4-7-18(8-5-15)28(31)32)23(29)27(24(22)30)17-9-11-19(33-2)12-10-17/h3-13,26H,1-2H3. The van der Waals surface area contributed by atoms with Gasteiger partial charge in [-0.25, -0.2) is 4.90 Å². The fourth-order valence-electron chi connectivity index (χ4n) is 3.44. The summed E-state index contributed by atoms with van der Waals surface area (Å²) in [6, 6.07) is 17.2. The SMILES string of the molecule is COc1ccc(N2C(=O)C(Nc3ccc(C)c(Cl)c3)=C(c3ccc([N+](=O)[O-])cc3)C2=O)cc1. The lowest BCUT2D eigenvalue weighted by molar-refractivity contribution is -0.384. The first-order valence-electron chi connectivity index (χ1n) is 9.85. The van der Waals surface area contributed by atoms with Crippen molar-refractivity contribution < 1.29 is 19.2 Å². The summed E-state index contributed by atoms with van der Waals surface area (Å²) in [5.74, 6) is -0.538. The molecule has 4 rings (SSSR count). The number of benzene rings is 3. The first-order valence-corrected chi connectivity index (χ1v) is 10.2. The number of nitrogens with one attached hydrogen (secondary N) is 1. The Labute approximate surface area is 194 Å². The Hall–Kier alpha value is -4.17. The van der Waals surface area contributed by atoms with E-state index in [9.17, 15) is 19.7 Å². The van der Waals surface area contributed by atoms with Gasteiger partial charge >= 0.3 is 0 Å². The van der Waals surface area contributed by atoms with Gasteiger partial charge in [-0.1, -0.05) is 17.7 Å². The number of non-ortho nitro benzene ring substituents is 1. The number of methoxy groups -OCH3 is 1. The normalized spacial score (nSPS) is 13.5. The molecule has 9 heteroatoms. The summed E-state index contributed by atoms with van der Waals surface area (Å²) in [6.45, 7) is 1.85. The number of rotatable bonds is 6. The lowest BCUT2D eigenvalue weighted by Crippen LogP contribution is -2.32. The topological polar surface area (TPSA) is 102 Å². The Bertz CT molecular complexity index is 1300. The van der Waals surface area contributed by atoms with Gasteiger partial charge in [0.1, 0.15) is 11.4 Å². The van der Waals surface area contributed by atoms with Crippen LogP contribution < -0.4 is 15.0 Å². The minimum absolute atomic E-state index is 0.0459. The molecule has 0 fully saturated rings. The van der Waals surface area contributed by atoms with Gasteiger partial charge in [0, 0.05) is 22.8 Å². The van der Waals surface area contributed by atoms with Crippen molar-refractivity contribution in [2.75, 3.05) is 17.3 Å². The smallest absolute Gasteiger partial charge is 0.282 e. The molecule has 0 saturated carbocycles. The van der Waals surface area contributed by atoms with E-state index in [4.69, 9.17) is 16.3 Å². The molecule has 0 atom stereocenters. The third-order valence-electron chi connectivity index (χ3n) is 5.22. The van der Waals surface area contributed by atoms with Crippen LogP contribution in [0, 0.1) is 17.0 Å². The van der Waals surface area contributed by atoms with E-state index in [-0.39, 0.29) is 17.0 Å². The van der Waals surface area contributed by atoms with Crippen LogP contribution in [0.25, 0.3) is 5.57 Å². The van der Waals surface area contributed by atoms with Crippen LogP contribution in [-0.2, 0) is 9.59 Å². The zero-order valence-corrected chi connectivity index (χ0v) is 18.4. The summed E-state index contributed by atoms with van der Waals surface area (Å²) in [4.78, 5) is 38.4. The van der Waals surface area contributed by atoms with E-state index in [0.29, 0.717) is 27.7 Å². The van der Waals surface area contributed by atoms with E-state index in [1.807, 2.05) is 6.92 Å². The molecule has 0 spiro atoms. The van der Waals surface area contributed by atoms with E-state index < -0.39 is 16.7 Å². The number of ether oxygens (including phenoxy) is 1. The second-order valence-electron chi connectivity index (χ2n) is 7.29. The summed E-state index contributed by atoms with van der Waals surface area (Å²) in [7, 11) is 1.52. The molecular weight excluding hydrogens is 446 g/mol. The molecule has 1 N–H and O–H groups in total. The van der Waals surface area contributed by atoms with Crippen LogP contribution in [0.2, 0.25) is 5.02 Å². The number of imide groups is 1. The zero-order chi connectivity index (χ0) is 23.7. The van der Waals surface area contributed by atoms with E-state index in [1.54, 1.807) is 42.5 Å². The monoisotopic (exact) mass is 463 g/mol. The minimum Gasteiger partial charge on any atom is -0.497 e. The summed E-state index contributed by atoms with van der Waals surface area (Å²) >= 11 is 6.22. The van der Waals surface area contributed by atoms with Crippen molar-refractivity contribution in [2.45, 2.75) is 6.92 Å². The Morgan fingerprint density at radius 2 is 1.64 bits per heavy atom. The highest BCUT2D eigenvalue weighted by atomic mass is 35.5. The van der Waals surface area contributed by atoms with Gasteiger partial charge in [0.2, 0.25) is 0 Å². The molecule has 166 valence electrons. The van der Waals surface area contributed by atoms with Crippen molar-refractivity contribution >= 4 is 46.1 Å². The van der Waals surface area contributed by atoms with Crippen LogP contribution in [0.4, 0.5) is 17.1 Å². The van der Waals surface area contributed by atoms with Gasteiger partial charge in [0.25, 0.3) is 17.5 Å². The summed E-state index contributed by atoms with van der Waals surface area (Å²) in [5, 5.41) is 14.6. The van der Waals surface area contributed by atoms with Crippen LogP contribution in [0.15, 0.2) is 72.4 Å². The van der Waals surface area contributed by atoms with Crippen LogP contribution in [0.1, 0.15) is 11.1 Å². The van der Waals surface area contributed by atoms with Crippen molar-refractivity contribution in [1.82, 2.24) is 0 Å². The fraction of sp³-hybridized carbons (Fsp3) is 0.0833. The molecule has 1 heterocycles. The van der Waals surface area contributed by atoms with Crippen LogP contribution in [0.3, 0.4) is 0 Å². The molecule has 0 aliphatic carbocycles. The number of carbonyl (C=O) groups is 2. The molecule has 1 aliphatic heterocycles. The molecule has 2 amide bonds. The molecule has 33 heavy (non-hydrogen) atoms. The van der Waals surface area contributed by atoms with Gasteiger partial charge in [-0.05, 0) is 66.6 Å². The molecular formula is C24H18ClN3O5. The van der Waals surface area contributed by atoms with Crippen molar-refractivity contribution in [3.8, 4) is 5.75 Å². The lowest BCUT2D eigenvalue weighted by atomic mass is 10.0. The Balaban J connectivity index is 1.80. The van der Waals surface area contributed by atoms with E-state index in [1.165, 1.54) is 31.4 Å². The largest absolute Gasteiger partial charge is 0.497 e. The Morgan fingerprint density at radius 1 is 0.970 bits per heavy atom. The maximum atomic E-state index is 13.4. The highest BCUT2D eigenvalue weighted by Gasteiger charge is 2.40. The van der Waals surface area contributed by atoms with Crippen LogP contribution >= 0.6 is 11.6 Å². The van der Waals surface area contributed by atoms with Crippen molar-refractivity contribution in [3.05, 3.63) is 98.7 Å².